The second kappa shape index (κ2) is 6.32. The number of halogens is 1. The van der Waals surface area contributed by atoms with Crippen LogP contribution in [0.5, 0.6) is 0 Å². The molecule has 0 aliphatic rings. The Morgan fingerprint density at radius 1 is 1.13 bits per heavy atom. The first-order valence-corrected chi connectivity index (χ1v) is 7.20. The molecule has 0 amide bonds. The number of para-hydroxylation sites is 1. The third kappa shape index (κ3) is 3.21. The second-order valence-electron chi connectivity index (χ2n) is 4.24. The lowest BCUT2D eigenvalue weighted by Gasteiger charge is -2.09. The number of anilines is 4. The van der Waals surface area contributed by atoms with Gasteiger partial charge in [0.05, 0.1) is 10.6 Å². The summed E-state index contributed by atoms with van der Waals surface area (Å²) >= 11 is 1.26. The predicted molar refractivity (Wildman–Crippen MR) is 83.8 cm³/mol. The Morgan fingerprint density at radius 3 is 2.52 bits per heavy atom. The van der Waals surface area contributed by atoms with Gasteiger partial charge in [-0.25, -0.2) is 19.3 Å². The van der Waals surface area contributed by atoms with E-state index < -0.39 is 16.4 Å². The van der Waals surface area contributed by atoms with E-state index in [4.69, 9.17) is 0 Å². The Hall–Kier alpha value is -3.14. The number of nitrogens with one attached hydrogen (secondary N) is 2. The first kappa shape index (κ1) is 14.8. The molecule has 0 aliphatic carbocycles. The van der Waals surface area contributed by atoms with E-state index in [9.17, 15) is 14.5 Å². The number of hydrogen-bond acceptors (Lipinski definition) is 8. The monoisotopic (exact) mass is 332 g/mol. The standard InChI is InChI=1S/C13H9FN6O2S/c14-8-3-1-2-4-9(8)18-11-10(20(21)22)12(17-7-16-11)19-13-15-5-6-23-13/h1-7H,(H2,15,16,17,18,19). The van der Waals surface area contributed by atoms with Crippen LogP contribution < -0.4 is 10.6 Å². The Balaban J connectivity index is 2.00. The highest BCUT2D eigenvalue weighted by Gasteiger charge is 2.24. The van der Waals surface area contributed by atoms with E-state index in [1.807, 2.05) is 0 Å². The van der Waals surface area contributed by atoms with Gasteiger partial charge in [0, 0.05) is 11.6 Å². The van der Waals surface area contributed by atoms with Crippen LogP contribution in [-0.2, 0) is 0 Å². The number of thiazole rings is 1. The number of aromatic nitrogens is 3. The van der Waals surface area contributed by atoms with E-state index in [0.29, 0.717) is 5.13 Å². The summed E-state index contributed by atoms with van der Waals surface area (Å²) in [6, 6.07) is 5.82. The lowest BCUT2D eigenvalue weighted by molar-refractivity contribution is -0.383. The van der Waals surface area contributed by atoms with Crippen molar-refractivity contribution in [2.75, 3.05) is 10.6 Å². The fourth-order valence-electron chi connectivity index (χ4n) is 1.81. The molecule has 0 aliphatic heterocycles. The molecule has 0 unspecified atom stereocenters. The molecule has 0 bridgehead atoms. The molecule has 23 heavy (non-hydrogen) atoms. The largest absolute Gasteiger partial charge is 0.353 e. The number of hydrogen-bond donors (Lipinski definition) is 2. The molecule has 0 saturated carbocycles. The van der Waals surface area contributed by atoms with Gasteiger partial charge in [0.2, 0.25) is 11.6 Å². The molecule has 2 aromatic heterocycles. The molecule has 1 aromatic carbocycles. The zero-order valence-corrected chi connectivity index (χ0v) is 12.2. The minimum absolute atomic E-state index is 0.0289. The number of rotatable bonds is 5. The zero-order chi connectivity index (χ0) is 16.2. The summed E-state index contributed by atoms with van der Waals surface area (Å²) in [5.74, 6) is -0.692. The van der Waals surface area contributed by atoms with Crippen molar-refractivity contribution in [2.45, 2.75) is 0 Å². The summed E-state index contributed by atoms with van der Waals surface area (Å²) in [7, 11) is 0. The van der Waals surface area contributed by atoms with Gasteiger partial charge in [0.1, 0.15) is 12.1 Å². The summed E-state index contributed by atoms with van der Waals surface area (Å²) in [6.07, 6.45) is 2.70. The summed E-state index contributed by atoms with van der Waals surface area (Å²) < 4.78 is 13.7. The third-order valence-electron chi connectivity index (χ3n) is 2.79. The number of benzene rings is 1. The molecule has 0 saturated heterocycles. The van der Waals surface area contributed by atoms with E-state index in [2.05, 4.69) is 25.6 Å². The quantitative estimate of drug-likeness (QED) is 0.544. The van der Waals surface area contributed by atoms with Crippen LogP contribution in [-0.4, -0.2) is 19.9 Å². The summed E-state index contributed by atoms with van der Waals surface area (Å²) in [4.78, 5) is 22.4. The van der Waals surface area contributed by atoms with Gasteiger partial charge < -0.3 is 10.6 Å². The Bertz CT molecular complexity index is 842. The zero-order valence-electron chi connectivity index (χ0n) is 11.4. The molecule has 0 atom stereocenters. The molecule has 2 N–H and O–H groups in total. The van der Waals surface area contributed by atoms with E-state index in [1.54, 1.807) is 17.6 Å². The van der Waals surface area contributed by atoms with Crippen LogP contribution in [0.4, 0.5) is 32.5 Å². The van der Waals surface area contributed by atoms with Crippen molar-refractivity contribution in [3.63, 3.8) is 0 Å². The molecule has 116 valence electrons. The molecular formula is C13H9FN6O2S. The van der Waals surface area contributed by atoms with Crippen LogP contribution >= 0.6 is 11.3 Å². The van der Waals surface area contributed by atoms with Crippen LogP contribution in [0, 0.1) is 15.9 Å². The van der Waals surface area contributed by atoms with E-state index in [-0.39, 0.29) is 17.3 Å². The summed E-state index contributed by atoms with van der Waals surface area (Å²) in [5.41, 5.74) is -0.319. The van der Waals surface area contributed by atoms with Crippen LogP contribution in [0.3, 0.4) is 0 Å². The summed E-state index contributed by atoms with van der Waals surface area (Å²) in [5, 5.41) is 18.9. The maximum absolute atomic E-state index is 13.7. The van der Waals surface area contributed by atoms with Crippen LogP contribution in [0.15, 0.2) is 42.2 Å². The highest BCUT2D eigenvalue weighted by molar-refractivity contribution is 7.13. The Morgan fingerprint density at radius 2 is 1.87 bits per heavy atom. The minimum Gasteiger partial charge on any atom is -0.332 e. The van der Waals surface area contributed by atoms with Gasteiger partial charge in [-0.1, -0.05) is 12.1 Å². The fraction of sp³-hybridized carbons (Fsp3) is 0. The third-order valence-corrected chi connectivity index (χ3v) is 3.48. The van der Waals surface area contributed by atoms with Gasteiger partial charge in [0.15, 0.2) is 5.13 Å². The van der Waals surface area contributed by atoms with Crippen molar-refractivity contribution in [1.29, 1.82) is 0 Å². The van der Waals surface area contributed by atoms with Crippen molar-refractivity contribution >= 4 is 39.5 Å². The van der Waals surface area contributed by atoms with Crippen molar-refractivity contribution in [1.82, 2.24) is 15.0 Å². The fourth-order valence-corrected chi connectivity index (χ4v) is 2.34. The molecule has 0 spiro atoms. The Kier molecular flexibility index (Phi) is 4.06. The van der Waals surface area contributed by atoms with Crippen molar-refractivity contribution in [3.05, 3.63) is 58.1 Å². The average Bonchev–Trinajstić information content (AvgIpc) is 3.02. The van der Waals surface area contributed by atoms with Gasteiger partial charge in [-0.3, -0.25) is 10.1 Å². The van der Waals surface area contributed by atoms with Crippen molar-refractivity contribution < 1.29 is 9.31 Å². The smallest absolute Gasteiger partial charge is 0.332 e. The molecule has 0 radical (unpaired) electrons. The predicted octanol–water partition coefficient (Wildman–Crippen LogP) is 3.47. The highest BCUT2D eigenvalue weighted by atomic mass is 32.1. The normalized spacial score (nSPS) is 10.3. The van der Waals surface area contributed by atoms with Crippen molar-refractivity contribution in [2.24, 2.45) is 0 Å². The van der Waals surface area contributed by atoms with Crippen molar-refractivity contribution in [3.8, 4) is 0 Å². The van der Waals surface area contributed by atoms with Gasteiger partial charge in [-0.05, 0) is 12.1 Å². The van der Waals surface area contributed by atoms with Gasteiger partial charge in [-0.2, -0.15) is 0 Å². The minimum atomic E-state index is -0.640. The van der Waals surface area contributed by atoms with Crippen LogP contribution in [0.1, 0.15) is 0 Å². The van der Waals surface area contributed by atoms with E-state index in [0.717, 1.165) is 6.33 Å². The van der Waals surface area contributed by atoms with Gasteiger partial charge in [-0.15, -0.1) is 11.3 Å². The van der Waals surface area contributed by atoms with Gasteiger partial charge in [0.25, 0.3) is 0 Å². The molecule has 3 aromatic rings. The molecule has 10 heteroatoms. The number of nitrogens with zero attached hydrogens (tertiary/aromatic N) is 4. The molecule has 8 nitrogen and oxygen atoms in total. The SMILES string of the molecule is O=[N+]([O-])c1c(Nc2nccs2)ncnc1Nc1ccccc1F. The maximum atomic E-state index is 13.7. The topological polar surface area (TPSA) is 106 Å². The second-order valence-corrected chi connectivity index (χ2v) is 5.14. The first-order chi connectivity index (χ1) is 11.1. The van der Waals surface area contributed by atoms with Crippen LogP contribution in [0.2, 0.25) is 0 Å². The van der Waals surface area contributed by atoms with E-state index in [1.165, 1.54) is 29.5 Å². The molecular weight excluding hydrogens is 323 g/mol. The highest BCUT2D eigenvalue weighted by Crippen LogP contribution is 2.33. The molecule has 2 heterocycles. The maximum Gasteiger partial charge on any atom is 0.353 e. The average molecular weight is 332 g/mol. The lowest BCUT2D eigenvalue weighted by Crippen LogP contribution is -2.06. The lowest BCUT2D eigenvalue weighted by atomic mass is 10.3. The Labute approximate surface area is 133 Å². The van der Waals surface area contributed by atoms with Crippen LogP contribution in [0.25, 0.3) is 0 Å². The van der Waals surface area contributed by atoms with E-state index >= 15 is 0 Å². The molecule has 3 rings (SSSR count). The molecule has 0 fully saturated rings. The number of nitro groups is 1. The van der Waals surface area contributed by atoms with Gasteiger partial charge >= 0.3 is 5.69 Å². The first-order valence-electron chi connectivity index (χ1n) is 6.32. The summed E-state index contributed by atoms with van der Waals surface area (Å²) in [6.45, 7) is 0.